The number of hydrogen-bond donors (Lipinski definition) is 2. The van der Waals surface area contributed by atoms with Gasteiger partial charge in [0.1, 0.15) is 0 Å². The Balaban J connectivity index is 1.21. The third-order valence-electron chi connectivity index (χ3n) is 8.96. The molecule has 2 heterocycles. The lowest BCUT2D eigenvalue weighted by molar-refractivity contribution is 1.06. The Morgan fingerprint density at radius 1 is 0.489 bits per heavy atom. The molecule has 0 amide bonds. The van der Waals surface area contributed by atoms with Crippen LogP contribution in [0.3, 0.4) is 0 Å². The van der Waals surface area contributed by atoms with E-state index in [0.717, 1.165) is 44.6 Å². The standard InChI is InChI=1S/C41H28N4/c42-40(28-23-24-33-31-16-7-10-20-37(31)44(39(33)26-28)29-13-2-1-3-14-29)35-18-6-9-19-36(35)43-45-38-21-11-8-17-32(38)34-25-22-27-12-4-5-15-30(27)41(34)45/h1-26,42-43H. The quantitative estimate of drug-likeness (QED) is 0.197. The van der Waals surface area contributed by atoms with Crippen molar-refractivity contribution in [3.05, 3.63) is 169 Å². The Morgan fingerprint density at radius 2 is 1.11 bits per heavy atom. The topological polar surface area (TPSA) is 45.7 Å². The van der Waals surface area contributed by atoms with Crippen LogP contribution in [0.15, 0.2) is 158 Å². The van der Waals surface area contributed by atoms with Crippen molar-refractivity contribution in [2.45, 2.75) is 0 Å². The molecular formula is C41H28N4. The van der Waals surface area contributed by atoms with Gasteiger partial charge in [0.25, 0.3) is 0 Å². The van der Waals surface area contributed by atoms with E-state index in [1.54, 1.807) is 0 Å². The highest BCUT2D eigenvalue weighted by atomic mass is 15.4. The fourth-order valence-electron chi connectivity index (χ4n) is 6.90. The lowest BCUT2D eigenvalue weighted by Crippen LogP contribution is -2.13. The minimum Gasteiger partial charge on any atom is -0.309 e. The maximum absolute atomic E-state index is 9.52. The van der Waals surface area contributed by atoms with Gasteiger partial charge in [-0.1, -0.05) is 121 Å². The van der Waals surface area contributed by atoms with E-state index in [9.17, 15) is 5.41 Å². The van der Waals surface area contributed by atoms with E-state index in [4.69, 9.17) is 0 Å². The summed E-state index contributed by atoms with van der Waals surface area (Å²) < 4.78 is 4.49. The molecule has 4 nitrogen and oxygen atoms in total. The van der Waals surface area contributed by atoms with E-state index >= 15 is 0 Å². The van der Waals surface area contributed by atoms with Crippen LogP contribution in [0.1, 0.15) is 11.1 Å². The van der Waals surface area contributed by atoms with E-state index in [-0.39, 0.29) is 0 Å². The van der Waals surface area contributed by atoms with Gasteiger partial charge in [-0.15, -0.1) is 0 Å². The second-order valence-corrected chi connectivity index (χ2v) is 11.5. The van der Waals surface area contributed by atoms with Gasteiger partial charge >= 0.3 is 0 Å². The van der Waals surface area contributed by atoms with Gasteiger partial charge in [-0.2, -0.15) is 0 Å². The second-order valence-electron chi connectivity index (χ2n) is 11.5. The van der Waals surface area contributed by atoms with Gasteiger partial charge in [0.2, 0.25) is 0 Å². The number of para-hydroxylation sites is 4. The van der Waals surface area contributed by atoms with Crippen LogP contribution in [0.5, 0.6) is 0 Å². The first-order valence-corrected chi connectivity index (χ1v) is 15.2. The maximum Gasteiger partial charge on any atom is 0.0788 e. The molecule has 2 aromatic heterocycles. The molecule has 9 rings (SSSR count). The molecule has 7 aromatic carbocycles. The van der Waals surface area contributed by atoms with E-state index in [1.165, 1.54) is 32.3 Å². The number of rotatable bonds is 5. The fourth-order valence-corrected chi connectivity index (χ4v) is 6.90. The first kappa shape index (κ1) is 25.4. The molecule has 0 atom stereocenters. The summed E-state index contributed by atoms with van der Waals surface area (Å²) in [7, 11) is 0. The average Bonchev–Trinajstić information content (AvgIpc) is 3.61. The molecule has 0 unspecified atom stereocenters. The summed E-state index contributed by atoms with van der Waals surface area (Å²) in [5, 5.41) is 16.7. The summed E-state index contributed by atoms with van der Waals surface area (Å²) in [5.41, 5.74) is 12.4. The van der Waals surface area contributed by atoms with Gasteiger partial charge in [-0.3, -0.25) is 15.5 Å². The largest absolute Gasteiger partial charge is 0.309 e. The monoisotopic (exact) mass is 576 g/mol. The van der Waals surface area contributed by atoms with E-state index < -0.39 is 0 Å². The van der Waals surface area contributed by atoms with Crippen LogP contribution in [-0.4, -0.2) is 15.0 Å². The Bertz CT molecular complexity index is 2590. The summed E-state index contributed by atoms with van der Waals surface area (Å²) in [6.45, 7) is 0. The predicted octanol–water partition coefficient (Wildman–Crippen LogP) is 10.3. The Kier molecular flexibility index (Phi) is 5.62. The number of nitrogens with zero attached hydrogens (tertiary/aromatic N) is 2. The van der Waals surface area contributed by atoms with Gasteiger partial charge in [-0.05, 0) is 41.8 Å². The summed E-state index contributed by atoms with van der Waals surface area (Å²) in [4.78, 5) is 0. The van der Waals surface area contributed by atoms with Crippen LogP contribution in [0.25, 0.3) is 60.1 Å². The van der Waals surface area contributed by atoms with E-state index in [2.05, 4.69) is 148 Å². The highest BCUT2D eigenvalue weighted by Gasteiger charge is 2.18. The number of hydrogen-bond acceptors (Lipinski definition) is 2. The summed E-state index contributed by atoms with van der Waals surface area (Å²) in [6.07, 6.45) is 0. The number of anilines is 1. The van der Waals surface area contributed by atoms with Crippen LogP contribution < -0.4 is 5.43 Å². The number of nitrogens with one attached hydrogen (secondary N) is 2. The van der Waals surface area contributed by atoms with Crippen LogP contribution >= 0.6 is 0 Å². The number of fused-ring (bicyclic) bond motifs is 8. The Hall–Kier alpha value is -6.13. The van der Waals surface area contributed by atoms with Crippen LogP contribution in [0, 0.1) is 5.41 Å². The van der Waals surface area contributed by atoms with Gasteiger partial charge < -0.3 is 4.57 Å². The molecule has 0 saturated carbocycles. The van der Waals surface area contributed by atoms with Crippen molar-refractivity contribution >= 4 is 65.8 Å². The first-order valence-electron chi connectivity index (χ1n) is 15.2. The fraction of sp³-hybridized carbons (Fsp3) is 0. The highest BCUT2D eigenvalue weighted by molar-refractivity contribution is 6.19. The maximum atomic E-state index is 9.52. The predicted molar refractivity (Wildman–Crippen MR) is 189 cm³/mol. The van der Waals surface area contributed by atoms with Crippen molar-refractivity contribution < 1.29 is 0 Å². The third-order valence-corrected chi connectivity index (χ3v) is 8.96. The van der Waals surface area contributed by atoms with Crippen molar-refractivity contribution in [2.24, 2.45) is 0 Å². The van der Waals surface area contributed by atoms with E-state index in [1.807, 2.05) is 24.3 Å². The number of benzene rings is 7. The second kappa shape index (κ2) is 9.97. The van der Waals surface area contributed by atoms with Crippen LogP contribution in [0.2, 0.25) is 0 Å². The molecule has 4 heteroatoms. The van der Waals surface area contributed by atoms with Crippen molar-refractivity contribution in [3.63, 3.8) is 0 Å². The normalized spacial score (nSPS) is 11.6. The van der Waals surface area contributed by atoms with Crippen LogP contribution in [-0.2, 0) is 0 Å². The molecule has 0 radical (unpaired) electrons. The first-order chi connectivity index (χ1) is 22.3. The number of aromatic nitrogens is 2. The smallest absolute Gasteiger partial charge is 0.0788 e. The molecule has 0 fully saturated rings. The third kappa shape index (κ3) is 3.89. The zero-order valence-corrected chi connectivity index (χ0v) is 24.4. The molecule has 45 heavy (non-hydrogen) atoms. The minimum absolute atomic E-state index is 0.468. The molecule has 212 valence electrons. The zero-order valence-electron chi connectivity index (χ0n) is 24.4. The molecule has 0 spiro atoms. The zero-order chi connectivity index (χ0) is 29.9. The van der Waals surface area contributed by atoms with Gasteiger partial charge in [0, 0.05) is 43.7 Å². The minimum atomic E-state index is 0.468. The average molecular weight is 577 g/mol. The van der Waals surface area contributed by atoms with E-state index in [0.29, 0.717) is 5.71 Å². The molecule has 9 aromatic rings. The summed E-state index contributed by atoms with van der Waals surface area (Å²) >= 11 is 0. The highest BCUT2D eigenvalue weighted by Crippen LogP contribution is 2.36. The van der Waals surface area contributed by atoms with Crippen molar-refractivity contribution in [3.8, 4) is 5.69 Å². The SMILES string of the molecule is N=C(c1ccc2c3ccccc3n(-c3ccccc3)c2c1)c1ccccc1Nn1c2ccccc2c2ccc3ccccc3c21. The van der Waals surface area contributed by atoms with Crippen LogP contribution in [0.4, 0.5) is 5.69 Å². The molecule has 0 aliphatic rings. The van der Waals surface area contributed by atoms with Gasteiger partial charge in [-0.25, -0.2) is 0 Å². The molecule has 0 bridgehead atoms. The van der Waals surface area contributed by atoms with Gasteiger partial charge in [0.05, 0.1) is 33.5 Å². The molecule has 0 aliphatic heterocycles. The lowest BCUT2D eigenvalue weighted by atomic mass is 9.99. The molecule has 0 saturated heterocycles. The molecular weight excluding hydrogens is 548 g/mol. The lowest BCUT2D eigenvalue weighted by Gasteiger charge is -2.17. The molecule has 2 N–H and O–H groups in total. The molecule has 0 aliphatic carbocycles. The Morgan fingerprint density at radius 3 is 1.96 bits per heavy atom. The van der Waals surface area contributed by atoms with Crippen molar-refractivity contribution in [1.82, 2.24) is 9.24 Å². The van der Waals surface area contributed by atoms with Gasteiger partial charge in [0.15, 0.2) is 0 Å². The summed E-state index contributed by atoms with van der Waals surface area (Å²) in [6, 6.07) is 55.0. The summed E-state index contributed by atoms with van der Waals surface area (Å²) in [5.74, 6) is 0. The van der Waals surface area contributed by atoms with Crippen molar-refractivity contribution in [1.29, 1.82) is 5.41 Å². The van der Waals surface area contributed by atoms with Crippen molar-refractivity contribution in [2.75, 3.05) is 5.43 Å². The Labute approximate surface area is 259 Å².